The minimum atomic E-state index is -0.541. The van der Waals surface area contributed by atoms with Gasteiger partial charge >= 0.3 is 12.1 Å². The van der Waals surface area contributed by atoms with Gasteiger partial charge in [0.05, 0.1) is 19.1 Å². The molecule has 0 aromatic heterocycles. The molecule has 1 atom stereocenters. The Bertz CT molecular complexity index is 1130. The van der Waals surface area contributed by atoms with Crippen LogP contribution in [0.5, 0.6) is 0 Å². The minimum Gasteiger partial charge on any atom is -0.466 e. The summed E-state index contributed by atoms with van der Waals surface area (Å²) in [4.78, 5) is 48.9. The lowest BCUT2D eigenvalue weighted by atomic mass is 9.98. The summed E-state index contributed by atoms with van der Waals surface area (Å²) >= 11 is 0. The Balaban J connectivity index is 1.38. The van der Waals surface area contributed by atoms with Gasteiger partial charge in [-0.2, -0.15) is 0 Å². The van der Waals surface area contributed by atoms with Crippen molar-refractivity contribution in [3.63, 3.8) is 0 Å². The van der Waals surface area contributed by atoms with Crippen molar-refractivity contribution in [1.29, 1.82) is 0 Å². The number of fused-ring (bicyclic) bond motifs is 3. The summed E-state index contributed by atoms with van der Waals surface area (Å²) in [6.07, 6.45) is 8.55. The van der Waals surface area contributed by atoms with Crippen LogP contribution in [0.3, 0.4) is 0 Å². The Labute approximate surface area is 250 Å². The summed E-state index contributed by atoms with van der Waals surface area (Å²) in [7, 11) is 0. The van der Waals surface area contributed by atoms with Gasteiger partial charge in [-0.1, -0.05) is 101 Å². The highest BCUT2D eigenvalue weighted by Crippen LogP contribution is 2.44. The fourth-order valence-corrected chi connectivity index (χ4v) is 5.48. The van der Waals surface area contributed by atoms with Gasteiger partial charge in [-0.15, -0.1) is 0 Å². The van der Waals surface area contributed by atoms with Crippen LogP contribution in [0, 0.1) is 0 Å². The number of benzene rings is 2. The van der Waals surface area contributed by atoms with Gasteiger partial charge < -0.3 is 14.8 Å². The number of amides is 1. The number of Topliss-reactive ketones (excluding diaryl/α,β-unsaturated/α-hetero) is 2. The number of carbonyl (C=O) groups is 4. The van der Waals surface area contributed by atoms with Crippen molar-refractivity contribution in [3.05, 3.63) is 59.7 Å². The molecule has 0 fully saturated rings. The van der Waals surface area contributed by atoms with E-state index in [9.17, 15) is 19.2 Å². The van der Waals surface area contributed by atoms with E-state index in [2.05, 4.69) is 36.5 Å². The highest BCUT2D eigenvalue weighted by atomic mass is 16.5. The van der Waals surface area contributed by atoms with Crippen LogP contribution < -0.4 is 5.32 Å². The van der Waals surface area contributed by atoms with Crippen molar-refractivity contribution >= 4 is 23.6 Å². The molecule has 3 rings (SSSR count). The third-order valence-corrected chi connectivity index (χ3v) is 7.95. The average Bonchev–Trinajstić information content (AvgIpc) is 3.33. The van der Waals surface area contributed by atoms with Gasteiger partial charge in [-0.3, -0.25) is 14.4 Å². The number of hydrogen-bond donors (Lipinski definition) is 1. The van der Waals surface area contributed by atoms with E-state index in [4.69, 9.17) is 9.47 Å². The van der Waals surface area contributed by atoms with E-state index >= 15 is 0 Å². The first-order valence-electron chi connectivity index (χ1n) is 15.8. The summed E-state index contributed by atoms with van der Waals surface area (Å²) in [5.74, 6) is -0.218. The lowest BCUT2D eigenvalue weighted by molar-refractivity contribution is -0.145. The van der Waals surface area contributed by atoms with Crippen LogP contribution in [0.2, 0.25) is 0 Å². The van der Waals surface area contributed by atoms with Gasteiger partial charge in [0.1, 0.15) is 12.4 Å². The van der Waals surface area contributed by atoms with Crippen molar-refractivity contribution in [1.82, 2.24) is 5.32 Å². The summed E-state index contributed by atoms with van der Waals surface area (Å²) in [6.45, 7) is 4.49. The van der Waals surface area contributed by atoms with Gasteiger partial charge in [0.15, 0.2) is 5.78 Å². The zero-order valence-corrected chi connectivity index (χ0v) is 25.3. The third kappa shape index (κ3) is 10.4. The van der Waals surface area contributed by atoms with Crippen LogP contribution in [-0.4, -0.2) is 42.9 Å². The van der Waals surface area contributed by atoms with E-state index in [0.29, 0.717) is 25.9 Å². The summed E-state index contributed by atoms with van der Waals surface area (Å²) in [6, 6.07) is 15.9. The molecule has 0 aliphatic heterocycles. The fourth-order valence-electron chi connectivity index (χ4n) is 5.48. The number of alkyl carbamates (subject to hydrolysis) is 1. The number of unbranched alkanes of at least 4 members (excludes halogenated alkanes) is 6. The first-order chi connectivity index (χ1) is 20.4. The Kier molecular flexibility index (Phi) is 14.3. The van der Waals surface area contributed by atoms with E-state index in [-0.39, 0.29) is 42.9 Å². The van der Waals surface area contributed by atoms with Crippen molar-refractivity contribution < 1.29 is 28.7 Å². The summed E-state index contributed by atoms with van der Waals surface area (Å²) in [5, 5.41) is 2.87. The highest BCUT2D eigenvalue weighted by Gasteiger charge is 2.29. The third-order valence-electron chi connectivity index (χ3n) is 7.95. The summed E-state index contributed by atoms with van der Waals surface area (Å²) < 4.78 is 10.9. The maximum Gasteiger partial charge on any atom is 0.407 e. The molecule has 1 N–H and O–H groups in total. The van der Waals surface area contributed by atoms with Gasteiger partial charge in [-0.25, -0.2) is 4.79 Å². The topological polar surface area (TPSA) is 98.8 Å². The molecule has 1 aliphatic rings. The van der Waals surface area contributed by atoms with E-state index in [1.165, 1.54) is 11.1 Å². The van der Waals surface area contributed by atoms with Crippen molar-refractivity contribution in [2.45, 2.75) is 109 Å². The van der Waals surface area contributed by atoms with Crippen molar-refractivity contribution in [2.75, 3.05) is 13.2 Å². The van der Waals surface area contributed by atoms with E-state index in [1.807, 2.05) is 24.3 Å². The molecule has 0 saturated heterocycles. The first-order valence-corrected chi connectivity index (χ1v) is 15.8. The molecule has 2 aromatic rings. The number of ketones is 2. The van der Waals surface area contributed by atoms with Crippen LogP contribution in [-0.2, 0) is 23.9 Å². The van der Waals surface area contributed by atoms with Gasteiger partial charge in [0, 0.05) is 25.2 Å². The number of hydrogen-bond acceptors (Lipinski definition) is 6. The number of rotatable bonds is 20. The first kappa shape index (κ1) is 33.0. The standard InChI is InChI=1S/C35H47NO6/c1-3-5-9-20-32(33(38)21-10-7-6-8-15-24-41-34(39)23-22-26(37)4-2)36-35(40)42-25-31-29-18-13-11-16-27(29)28-17-12-14-19-30(28)31/h11-14,16-19,31-32H,3-10,15,20-25H2,1-2H3,(H,36,40). The molecule has 0 bridgehead atoms. The fraction of sp³-hybridized carbons (Fsp3) is 0.543. The predicted octanol–water partition coefficient (Wildman–Crippen LogP) is 7.69. The SMILES string of the molecule is CCCCCC(NC(=O)OCC1c2ccccc2-c2ccccc21)C(=O)CCCCCCCOC(=O)CCC(=O)CC. The van der Waals surface area contributed by atoms with Crippen LogP contribution >= 0.6 is 0 Å². The van der Waals surface area contributed by atoms with Crippen LogP contribution in [0.1, 0.15) is 114 Å². The maximum atomic E-state index is 13.1. The van der Waals surface area contributed by atoms with Gasteiger partial charge in [0.2, 0.25) is 0 Å². The molecule has 0 spiro atoms. The van der Waals surface area contributed by atoms with Gasteiger partial charge in [0.25, 0.3) is 0 Å². The normalized spacial score (nSPS) is 12.7. The Morgan fingerprint density at radius 2 is 1.38 bits per heavy atom. The predicted molar refractivity (Wildman–Crippen MR) is 164 cm³/mol. The number of ether oxygens (including phenoxy) is 2. The zero-order valence-electron chi connectivity index (χ0n) is 25.3. The molecule has 2 aromatic carbocycles. The van der Waals surface area contributed by atoms with E-state index in [1.54, 1.807) is 6.92 Å². The zero-order chi connectivity index (χ0) is 30.2. The molecule has 7 nitrogen and oxygen atoms in total. The quantitative estimate of drug-likeness (QED) is 0.128. The molecule has 1 aliphatic carbocycles. The molecule has 0 heterocycles. The minimum absolute atomic E-state index is 0.0221. The molecule has 0 saturated carbocycles. The van der Waals surface area contributed by atoms with E-state index < -0.39 is 12.1 Å². The molecule has 1 unspecified atom stereocenters. The van der Waals surface area contributed by atoms with Crippen LogP contribution in [0.25, 0.3) is 11.1 Å². The smallest absolute Gasteiger partial charge is 0.407 e. The van der Waals surface area contributed by atoms with Crippen LogP contribution in [0.15, 0.2) is 48.5 Å². The lowest BCUT2D eigenvalue weighted by Crippen LogP contribution is -2.41. The second kappa shape index (κ2) is 18.1. The average molecular weight is 578 g/mol. The molecule has 42 heavy (non-hydrogen) atoms. The molecule has 1 amide bonds. The lowest BCUT2D eigenvalue weighted by Gasteiger charge is -2.19. The molecule has 7 heteroatoms. The monoisotopic (exact) mass is 577 g/mol. The molecular weight excluding hydrogens is 530 g/mol. The maximum absolute atomic E-state index is 13.1. The molecular formula is C35H47NO6. The number of carbonyl (C=O) groups excluding carboxylic acids is 4. The second-order valence-electron chi connectivity index (χ2n) is 11.1. The molecule has 0 radical (unpaired) electrons. The highest BCUT2D eigenvalue weighted by molar-refractivity contribution is 5.87. The second-order valence-corrected chi connectivity index (χ2v) is 11.1. The Hall–Kier alpha value is -3.48. The van der Waals surface area contributed by atoms with Gasteiger partial charge in [-0.05, 0) is 41.5 Å². The molecule has 228 valence electrons. The Morgan fingerprint density at radius 1 is 0.738 bits per heavy atom. The Morgan fingerprint density at radius 3 is 2.05 bits per heavy atom. The number of esters is 1. The largest absolute Gasteiger partial charge is 0.466 e. The van der Waals surface area contributed by atoms with Crippen molar-refractivity contribution in [3.8, 4) is 11.1 Å². The van der Waals surface area contributed by atoms with Crippen molar-refractivity contribution in [2.24, 2.45) is 0 Å². The van der Waals surface area contributed by atoms with Crippen LogP contribution in [0.4, 0.5) is 4.79 Å². The van der Waals surface area contributed by atoms with E-state index in [0.717, 1.165) is 62.5 Å². The number of nitrogens with one attached hydrogen (secondary N) is 1. The summed E-state index contributed by atoms with van der Waals surface area (Å²) in [5.41, 5.74) is 4.67.